The van der Waals surface area contributed by atoms with Gasteiger partial charge < -0.3 is 10.1 Å². The normalized spacial score (nSPS) is 17.9. The number of nitrogens with zero attached hydrogens (tertiary/aromatic N) is 1. The van der Waals surface area contributed by atoms with Crippen molar-refractivity contribution in [3.05, 3.63) is 23.9 Å². The van der Waals surface area contributed by atoms with Crippen molar-refractivity contribution in [3.8, 4) is 5.88 Å². The minimum Gasteiger partial charge on any atom is -0.481 e. The minimum atomic E-state index is 0.527. The molecule has 1 aromatic rings. The van der Waals surface area contributed by atoms with E-state index < -0.39 is 0 Å². The van der Waals surface area contributed by atoms with E-state index in [4.69, 9.17) is 4.74 Å². The highest BCUT2D eigenvalue weighted by atomic mass is 16.5. The topological polar surface area (TPSA) is 34.1 Å². The van der Waals surface area contributed by atoms with Crippen LogP contribution in [0.3, 0.4) is 0 Å². The zero-order valence-electron chi connectivity index (χ0n) is 10.1. The fourth-order valence-corrected chi connectivity index (χ4v) is 2.12. The fourth-order valence-electron chi connectivity index (χ4n) is 2.12. The second-order valence-corrected chi connectivity index (χ2v) is 4.94. The molecule has 1 aliphatic rings. The van der Waals surface area contributed by atoms with Crippen molar-refractivity contribution in [1.29, 1.82) is 0 Å². The van der Waals surface area contributed by atoms with Crippen molar-refractivity contribution in [2.24, 2.45) is 5.41 Å². The maximum atomic E-state index is 5.10. The van der Waals surface area contributed by atoms with Gasteiger partial charge in [0.1, 0.15) is 0 Å². The van der Waals surface area contributed by atoms with Gasteiger partial charge in [-0.05, 0) is 24.3 Å². The summed E-state index contributed by atoms with van der Waals surface area (Å²) in [4.78, 5) is 4.37. The highest BCUT2D eigenvalue weighted by molar-refractivity contribution is 5.15. The Bertz CT molecular complexity index is 348. The van der Waals surface area contributed by atoms with Crippen molar-refractivity contribution in [1.82, 2.24) is 10.3 Å². The maximum absolute atomic E-state index is 5.10. The molecule has 1 saturated carbocycles. The molecule has 0 radical (unpaired) electrons. The molecule has 0 aromatic carbocycles. The molecule has 0 saturated heterocycles. The van der Waals surface area contributed by atoms with Gasteiger partial charge >= 0.3 is 0 Å². The molecule has 3 heteroatoms. The van der Waals surface area contributed by atoms with Crippen molar-refractivity contribution >= 4 is 0 Å². The quantitative estimate of drug-likeness (QED) is 0.827. The van der Waals surface area contributed by atoms with Crippen LogP contribution in [-0.2, 0) is 6.54 Å². The van der Waals surface area contributed by atoms with Crippen molar-refractivity contribution in [2.45, 2.75) is 32.7 Å². The number of rotatable bonds is 5. The van der Waals surface area contributed by atoms with E-state index in [-0.39, 0.29) is 0 Å². The molecule has 0 bridgehead atoms. The predicted octanol–water partition coefficient (Wildman–Crippen LogP) is 2.37. The Labute approximate surface area is 97.2 Å². The maximum Gasteiger partial charge on any atom is 0.213 e. The number of hydrogen-bond donors (Lipinski definition) is 1. The number of ether oxygens (including phenoxy) is 1. The van der Waals surface area contributed by atoms with Crippen LogP contribution in [0.15, 0.2) is 18.2 Å². The number of pyridine rings is 1. The van der Waals surface area contributed by atoms with Gasteiger partial charge in [0, 0.05) is 19.2 Å². The molecule has 1 fully saturated rings. The third-order valence-electron chi connectivity index (χ3n) is 3.41. The summed E-state index contributed by atoms with van der Waals surface area (Å²) in [5.74, 6) is 0.689. The summed E-state index contributed by atoms with van der Waals surface area (Å²) in [5, 5.41) is 3.48. The Morgan fingerprint density at radius 2 is 2.25 bits per heavy atom. The average Bonchev–Trinajstić information content (AvgIpc) is 2.27. The average molecular weight is 220 g/mol. The predicted molar refractivity (Wildman–Crippen MR) is 64.5 cm³/mol. The van der Waals surface area contributed by atoms with Crippen LogP contribution in [0.1, 0.15) is 31.9 Å². The van der Waals surface area contributed by atoms with Gasteiger partial charge in [0.05, 0.1) is 12.8 Å². The first kappa shape index (κ1) is 11.4. The zero-order valence-corrected chi connectivity index (χ0v) is 10.1. The fraction of sp³-hybridized carbons (Fsp3) is 0.615. The molecule has 88 valence electrons. The van der Waals surface area contributed by atoms with Crippen LogP contribution in [0, 0.1) is 5.41 Å². The molecule has 0 unspecified atom stereocenters. The van der Waals surface area contributed by atoms with Crippen molar-refractivity contribution in [2.75, 3.05) is 13.7 Å². The Morgan fingerprint density at radius 3 is 2.88 bits per heavy atom. The largest absolute Gasteiger partial charge is 0.481 e. The molecule has 0 spiro atoms. The molecule has 16 heavy (non-hydrogen) atoms. The number of methoxy groups -OCH3 is 1. The summed E-state index contributed by atoms with van der Waals surface area (Å²) in [7, 11) is 1.65. The van der Waals surface area contributed by atoms with Gasteiger partial charge in [-0.3, -0.25) is 0 Å². The van der Waals surface area contributed by atoms with E-state index in [0.29, 0.717) is 11.3 Å². The van der Waals surface area contributed by atoms with E-state index in [1.807, 2.05) is 18.2 Å². The lowest BCUT2D eigenvalue weighted by Crippen LogP contribution is -2.37. The Morgan fingerprint density at radius 1 is 1.44 bits per heavy atom. The summed E-state index contributed by atoms with van der Waals surface area (Å²) in [5.41, 5.74) is 1.57. The van der Waals surface area contributed by atoms with Gasteiger partial charge in [0.25, 0.3) is 0 Å². The van der Waals surface area contributed by atoms with E-state index in [9.17, 15) is 0 Å². The zero-order chi connectivity index (χ0) is 11.4. The standard InChI is InChI=1S/C13H20N2O/c1-13(7-4-8-13)10-14-9-11-5-3-6-12(15-11)16-2/h3,5-6,14H,4,7-10H2,1-2H3. The van der Waals surface area contributed by atoms with Gasteiger partial charge in [0.2, 0.25) is 5.88 Å². The number of nitrogens with one attached hydrogen (secondary N) is 1. The summed E-state index contributed by atoms with van der Waals surface area (Å²) < 4.78 is 5.10. The van der Waals surface area contributed by atoms with Crippen molar-refractivity contribution < 1.29 is 4.74 Å². The lowest BCUT2D eigenvalue weighted by atomic mass is 9.70. The van der Waals surface area contributed by atoms with Gasteiger partial charge in [-0.2, -0.15) is 0 Å². The third-order valence-corrected chi connectivity index (χ3v) is 3.41. The van der Waals surface area contributed by atoms with Gasteiger partial charge in [-0.15, -0.1) is 0 Å². The Kier molecular flexibility index (Phi) is 3.44. The van der Waals surface area contributed by atoms with Crippen LogP contribution in [0.25, 0.3) is 0 Å². The van der Waals surface area contributed by atoms with E-state index in [1.54, 1.807) is 7.11 Å². The summed E-state index contributed by atoms with van der Waals surface area (Å²) in [6, 6.07) is 5.88. The molecule has 2 rings (SSSR count). The van der Waals surface area contributed by atoms with E-state index >= 15 is 0 Å². The van der Waals surface area contributed by atoms with Gasteiger partial charge in [0.15, 0.2) is 0 Å². The van der Waals surface area contributed by atoms with Crippen LogP contribution in [0.4, 0.5) is 0 Å². The van der Waals surface area contributed by atoms with E-state index in [1.165, 1.54) is 19.3 Å². The molecule has 3 nitrogen and oxygen atoms in total. The van der Waals surface area contributed by atoms with Crippen LogP contribution in [-0.4, -0.2) is 18.6 Å². The second-order valence-electron chi connectivity index (χ2n) is 4.94. The monoisotopic (exact) mass is 220 g/mol. The van der Waals surface area contributed by atoms with E-state index in [0.717, 1.165) is 18.8 Å². The lowest BCUT2D eigenvalue weighted by Gasteiger charge is -2.38. The number of aromatic nitrogens is 1. The smallest absolute Gasteiger partial charge is 0.213 e. The van der Waals surface area contributed by atoms with Crippen molar-refractivity contribution in [3.63, 3.8) is 0 Å². The Hall–Kier alpha value is -1.09. The minimum absolute atomic E-state index is 0.527. The van der Waals surface area contributed by atoms with Gasteiger partial charge in [-0.25, -0.2) is 4.98 Å². The summed E-state index contributed by atoms with van der Waals surface area (Å²) in [6.07, 6.45) is 4.09. The second kappa shape index (κ2) is 4.83. The first-order chi connectivity index (χ1) is 7.72. The highest BCUT2D eigenvalue weighted by Gasteiger charge is 2.30. The molecular formula is C13H20N2O. The molecule has 0 atom stereocenters. The molecule has 1 N–H and O–H groups in total. The molecule has 0 aliphatic heterocycles. The number of hydrogen-bond acceptors (Lipinski definition) is 3. The Balaban J connectivity index is 1.80. The summed E-state index contributed by atoms with van der Waals surface area (Å²) >= 11 is 0. The molecule has 1 heterocycles. The summed E-state index contributed by atoms with van der Waals surface area (Å²) in [6.45, 7) is 4.27. The molecule has 1 aromatic heterocycles. The van der Waals surface area contributed by atoms with Gasteiger partial charge in [-0.1, -0.05) is 19.4 Å². The van der Waals surface area contributed by atoms with E-state index in [2.05, 4.69) is 17.2 Å². The first-order valence-corrected chi connectivity index (χ1v) is 5.92. The first-order valence-electron chi connectivity index (χ1n) is 5.92. The highest BCUT2D eigenvalue weighted by Crippen LogP contribution is 2.39. The van der Waals surface area contributed by atoms with Crippen LogP contribution in [0.2, 0.25) is 0 Å². The lowest BCUT2D eigenvalue weighted by molar-refractivity contribution is 0.156. The van der Waals surface area contributed by atoms with Crippen LogP contribution < -0.4 is 10.1 Å². The molecular weight excluding hydrogens is 200 g/mol. The van der Waals surface area contributed by atoms with Crippen LogP contribution >= 0.6 is 0 Å². The van der Waals surface area contributed by atoms with Crippen LogP contribution in [0.5, 0.6) is 5.88 Å². The molecule has 1 aliphatic carbocycles. The SMILES string of the molecule is COc1cccc(CNCC2(C)CCC2)n1. The third kappa shape index (κ3) is 2.73. The molecule has 0 amide bonds.